The van der Waals surface area contributed by atoms with Gasteiger partial charge in [-0.05, 0) is 44.5 Å². The van der Waals surface area contributed by atoms with E-state index in [-0.39, 0.29) is 11.5 Å². The van der Waals surface area contributed by atoms with Crippen molar-refractivity contribution in [3.05, 3.63) is 35.4 Å². The lowest BCUT2D eigenvalue weighted by atomic mass is 9.72. The number of hydrogen-bond acceptors (Lipinski definition) is 3. The van der Waals surface area contributed by atoms with Crippen LogP contribution in [0.1, 0.15) is 62.5 Å². The Hall–Kier alpha value is -1.04. The second-order valence-electron chi connectivity index (χ2n) is 8.26. The molecule has 2 atom stereocenters. The van der Waals surface area contributed by atoms with Gasteiger partial charge < -0.3 is 15.3 Å². The van der Waals surface area contributed by atoms with Gasteiger partial charge in [-0.2, -0.15) is 0 Å². The summed E-state index contributed by atoms with van der Waals surface area (Å²) in [5.74, 6) is -2.98. The van der Waals surface area contributed by atoms with Gasteiger partial charge >= 0.3 is 0 Å². The Morgan fingerprint density at radius 3 is 2.65 bits per heavy atom. The van der Waals surface area contributed by atoms with Gasteiger partial charge in [-0.15, -0.1) is 0 Å². The summed E-state index contributed by atoms with van der Waals surface area (Å²) in [6.45, 7) is 3.61. The molecule has 1 aliphatic heterocycles. The maximum atomic E-state index is 13.9. The van der Waals surface area contributed by atoms with Crippen LogP contribution in [-0.2, 0) is 5.92 Å². The molecule has 26 heavy (non-hydrogen) atoms. The molecule has 1 aliphatic carbocycles. The molecule has 1 aromatic rings. The van der Waals surface area contributed by atoms with Crippen LogP contribution in [0.3, 0.4) is 0 Å². The molecule has 2 aliphatic rings. The van der Waals surface area contributed by atoms with E-state index in [1.54, 1.807) is 12.1 Å². The first-order valence-electron chi connectivity index (χ1n) is 9.92. The highest BCUT2D eigenvalue weighted by molar-refractivity contribution is 5.31. The van der Waals surface area contributed by atoms with E-state index in [0.717, 1.165) is 70.6 Å². The Bertz CT molecular complexity index is 596. The van der Waals surface area contributed by atoms with Crippen molar-refractivity contribution in [3.8, 4) is 0 Å². The fourth-order valence-corrected chi connectivity index (χ4v) is 4.62. The molecule has 5 heteroatoms. The van der Waals surface area contributed by atoms with Crippen LogP contribution in [0.4, 0.5) is 8.78 Å². The van der Waals surface area contributed by atoms with Gasteiger partial charge in [0.15, 0.2) is 0 Å². The average molecular weight is 366 g/mol. The van der Waals surface area contributed by atoms with Gasteiger partial charge in [0.1, 0.15) is 0 Å². The maximum Gasteiger partial charge on any atom is 0.270 e. The molecule has 1 aromatic carbocycles. The maximum absolute atomic E-state index is 13.9. The highest BCUT2D eigenvalue weighted by Crippen LogP contribution is 2.42. The normalized spacial score (nSPS) is 25.3. The Kier molecular flexibility index (Phi) is 6.00. The first-order valence-corrected chi connectivity index (χ1v) is 9.92. The fraction of sp³-hybridized carbons (Fsp3) is 0.714. The number of nitrogens with zero attached hydrogens (tertiary/aromatic N) is 1. The van der Waals surface area contributed by atoms with Crippen LogP contribution in [-0.4, -0.2) is 48.3 Å². The van der Waals surface area contributed by atoms with Crippen LogP contribution in [0, 0.1) is 0 Å². The van der Waals surface area contributed by atoms with Crippen molar-refractivity contribution >= 4 is 0 Å². The highest BCUT2D eigenvalue weighted by Gasteiger charge is 2.41. The number of likely N-dealkylation sites (N-methyl/N-ethyl adjacent to an activating group) is 1. The first kappa shape index (κ1) is 19.7. The van der Waals surface area contributed by atoms with E-state index in [4.69, 9.17) is 0 Å². The molecular weight excluding hydrogens is 334 g/mol. The smallest absolute Gasteiger partial charge is 0.270 e. The van der Waals surface area contributed by atoms with Crippen LogP contribution in [0.2, 0.25) is 0 Å². The predicted molar refractivity (Wildman–Crippen MR) is 101 cm³/mol. The lowest BCUT2D eigenvalue weighted by molar-refractivity contribution is -0.0298. The molecule has 1 saturated carbocycles. The second kappa shape index (κ2) is 7.91. The third kappa shape index (κ3) is 4.44. The molecule has 0 amide bonds. The van der Waals surface area contributed by atoms with E-state index < -0.39 is 11.5 Å². The largest absolute Gasteiger partial charge is 0.389 e. The summed E-state index contributed by atoms with van der Waals surface area (Å²) < 4.78 is 27.7. The molecule has 0 bridgehead atoms. The molecule has 1 unspecified atom stereocenters. The summed E-state index contributed by atoms with van der Waals surface area (Å²) in [6.07, 6.45) is 5.77. The zero-order valence-electron chi connectivity index (χ0n) is 16.0. The van der Waals surface area contributed by atoms with Crippen molar-refractivity contribution in [2.24, 2.45) is 0 Å². The number of benzene rings is 1. The lowest BCUT2D eigenvalue weighted by Crippen LogP contribution is -2.44. The van der Waals surface area contributed by atoms with Crippen LogP contribution < -0.4 is 5.32 Å². The number of aliphatic hydroxyl groups is 1. The molecule has 3 nitrogen and oxygen atoms in total. The summed E-state index contributed by atoms with van der Waals surface area (Å²) in [5.41, 5.74) is 0.0905. The highest BCUT2D eigenvalue weighted by atomic mass is 19.3. The van der Waals surface area contributed by atoms with E-state index in [9.17, 15) is 13.9 Å². The van der Waals surface area contributed by atoms with Gasteiger partial charge in [0.25, 0.3) is 5.92 Å². The van der Waals surface area contributed by atoms with E-state index in [1.165, 1.54) is 6.07 Å². The van der Waals surface area contributed by atoms with Crippen LogP contribution in [0.5, 0.6) is 0 Å². The van der Waals surface area contributed by atoms with Gasteiger partial charge in [-0.3, -0.25) is 0 Å². The molecule has 3 rings (SSSR count). The van der Waals surface area contributed by atoms with Crippen molar-refractivity contribution in [1.29, 1.82) is 0 Å². The van der Waals surface area contributed by atoms with Gasteiger partial charge in [-0.1, -0.05) is 37.5 Å². The number of nitrogens with one attached hydrogen (secondary N) is 1. The zero-order chi connectivity index (χ0) is 18.8. The summed E-state index contributed by atoms with van der Waals surface area (Å²) in [5, 5.41) is 14.8. The Morgan fingerprint density at radius 1 is 1.31 bits per heavy atom. The third-order valence-corrected chi connectivity index (χ3v) is 6.29. The monoisotopic (exact) mass is 366 g/mol. The lowest BCUT2D eigenvalue weighted by Gasteiger charge is -2.41. The Morgan fingerprint density at radius 2 is 2.04 bits per heavy atom. The molecular formula is C21H32F2N2O. The second-order valence-corrected chi connectivity index (χ2v) is 8.26. The summed E-state index contributed by atoms with van der Waals surface area (Å²) in [4.78, 5) is 2.37. The minimum absolute atomic E-state index is 0.0360. The van der Waals surface area contributed by atoms with E-state index in [1.807, 2.05) is 13.1 Å². The number of likely N-dealkylation sites (tertiary alicyclic amines) is 1. The minimum Gasteiger partial charge on any atom is -0.389 e. The number of rotatable bonds is 6. The zero-order valence-corrected chi connectivity index (χ0v) is 16.0. The molecule has 2 N–H and O–H groups in total. The van der Waals surface area contributed by atoms with Crippen molar-refractivity contribution in [2.45, 2.75) is 68.9 Å². The molecule has 1 saturated heterocycles. The van der Waals surface area contributed by atoms with Gasteiger partial charge in [0, 0.05) is 37.5 Å². The third-order valence-electron chi connectivity index (χ3n) is 6.29. The van der Waals surface area contributed by atoms with Crippen LogP contribution in [0.15, 0.2) is 24.3 Å². The first-order chi connectivity index (χ1) is 12.3. The molecule has 1 heterocycles. The predicted octanol–water partition coefficient (Wildman–Crippen LogP) is 3.87. The minimum atomic E-state index is -2.86. The van der Waals surface area contributed by atoms with Crippen molar-refractivity contribution < 1.29 is 13.9 Å². The number of halogens is 2. The van der Waals surface area contributed by atoms with Gasteiger partial charge in [0.05, 0.1) is 5.60 Å². The fourth-order valence-electron chi connectivity index (χ4n) is 4.62. The van der Waals surface area contributed by atoms with E-state index in [0.29, 0.717) is 6.04 Å². The molecule has 0 spiro atoms. The van der Waals surface area contributed by atoms with Crippen molar-refractivity contribution in [1.82, 2.24) is 10.2 Å². The van der Waals surface area contributed by atoms with Crippen molar-refractivity contribution in [2.75, 3.05) is 26.7 Å². The molecule has 0 aromatic heterocycles. The topological polar surface area (TPSA) is 35.5 Å². The van der Waals surface area contributed by atoms with E-state index in [2.05, 4.69) is 10.2 Å². The van der Waals surface area contributed by atoms with Crippen molar-refractivity contribution in [3.63, 3.8) is 0 Å². The Labute approximate surface area is 155 Å². The van der Waals surface area contributed by atoms with E-state index >= 15 is 0 Å². The van der Waals surface area contributed by atoms with Crippen LogP contribution >= 0.6 is 0 Å². The quantitative estimate of drug-likeness (QED) is 0.802. The molecule has 0 radical (unpaired) electrons. The molecule has 146 valence electrons. The number of alkyl halides is 2. The SMILES string of the molecule is CN[C@@H]1CCN(CC(c2cccc(C(C)(F)F)c2)C2(O)CCCCC2)C1. The average Bonchev–Trinajstić information content (AvgIpc) is 3.07. The summed E-state index contributed by atoms with van der Waals surface area (Å²) in [7, 11) is 1.98. The summed E-state index contributed by atoms with van der Waals surface area (Å²) in [6, 6.07) is 7.20. The standard InChI is InChI=1S/C21H32F2N2O/c1-20(22,23)17-8-6-7-16(13-17)19(21(26)10-4-3-5-11-21)15-25-12-9-18(14-25)24-2/h6-8,13,18-19,24,26H,3-5,9-12,14-15H2,1-2H3/t18-,19?/m1/s1. The summed E-state index contributed by atoms with van der Waals surface area (Å²) >= 11 is 0. The Balaban J connectivity index is 1.88. The van der Waals surface area contributed by atoms with Gasteiger partial charge in [-0.25, -0.2) is 8.78 Å². The number of hydrogen-bond donors (Lipinski definition) is 2. The van der Waals surface area contributed by atoms with Gasteiger partial charge in [0.2, 0.25) is 0 Å². The molecule has 2 fully saturated rings. The van der Waals surface area contributed by atoms with Crippen LogP contribution in [0.25, 0.3) is 0 Å².